The van der Waals surface area contributed by atoms with Crippen LogP contribution in [0, 0.1) is 18.7 Å². The highest BCUT2D eigenvalue weighted by atomic mass is 32.2. The molecule has 2 aromatic rings. The minimum atomic E-state index is -4.33. The molecule has 6 nitrogen and oxygen atoms in total. The standard InChI is InChI=1S/C15H16F4N4O2S/c1-9-6-11(16)3-4-12(9)26(24,25)20-7-14-22-21-13-5-2-10(8-23(13)14)15(17,18)19/h3-4,6,10,20H,2,5,7-8H2,1H3. The first-order valence-corrected chi connectivity index (χ1v) is 9.30. The first-order valence-electron chi connectivity index (χ1n) is 7.81. The van der Waals surface area contributed by atoms with Crippen LogP contribution in [0.25, 0.3) is 0 Å². The van der Waals surface area contributed by atoms with E-state index in [1.165, 1.54) is 11.5 Å². The van der Waals surface area contributed by atoms with Crippen LogP contribution in [0.3, 0.4) is 0 Å². The molecule has 0 bridgehead atoms. The van der Waals surface area contributed by atoms with Gasteiger partial charge in [0.25, 0.3) is 0 Å². The molecule has 0 saturated heterocycles. The Hall–Kier alpha value is -2.01. The molecular weight excluding hydrogens is 376 g/mol. The van der Waals surface area contributed by atoms with Crippen molar-refractivity contribution in [3.8, 4) is 0 Å². The Morgan fingerprint density at radius 2 is 2.04 bits per heavy atom. The van der Waals surface area contributed by atoms with E-state index in [1.54, 1.807) is 0 Å². The Kier molecular flexibility index (Phi) is 4.78. The first-order chi connectivity index (χ1) is 12.1. The molecule has 2 heterocycles. The van der Waals surface area contributed by atoms with Crippen LogP contribution in [-0.4, -0.2) is 29.4 Å². The molecule has 0 fully saturated rings. The number of aryl methyl sites for hydroxylation is 2. The van der Waals surface area contributed by atoms with Gasteiger partial charge in [-0.1, -0.05) is 0 Å². The lowest BCUT2D eigenvalue weighted by Gasteiger charge is -2.26. The third-order valence-electron chi connectivity index (χ3n) is 4.33. The molecule has 26 heavy (non-hydrogen) atoms. The third kappa shape index (κ3) is 3.73. The average molecular weight is 392 g/mol. The highest BCUT2D eigenvalue weighted by Gasteiger charge is 2.42. The zero-order valence-corrected chi connectivity index (χ0v) is 14.5. The van der Waals surface area contributed by atoms with Gasteiger partial charge in [-0.2, -0.15) is 13.2 Å². The minimum Gasteiger partial charge on any atom is -0.313 e. The Labute approximate surface area is 147 Å². The van der Waals surface area contributed by atoms with Crippen LogP contribution in [-0.2, 0) is 29.5 Å². The summed E-state index contributed by atoms with van der Waals surface area (Å²) in [7, 11) is -3.97. The molecule has 1 atom stereocenters. The van der Waals surface area contributed by atoms with Gasteiger partial charge in [0.2, 0.25) is 10.0 Å². The Morgan fingerprint density at radius 1 is 1.31 bits per heavy atom. The first kappa shape index (κ1) is 18.8. The summed E-state index contributed by atoms with van der Waals surface area (Å²) in [6, 6.07) is 3.24. The normalized spacial score (nSPS) is 18.0. The number of fused-ring (bicyclic) bond motifs is 1. The van der Waals surface area contributed by atoms with Crippen molar-refractivity contribution >= 4 is 10.0 Å². The van der Waals surface area contributed by atoms with Gasteiger partial charge in [0, 0.05) is 13.0 Å². The van der Waals surface area contributed by atoms with Gasteiger partial charge >= 0.3 is 6.18 Å². The fourth-order valence-corrected chi connectivity index (χ4v) is 4.14. The zero-order valence-electron chi connectivity index (χ0n) is 13.7. The molecule has 1 aromatic carbocycles. The van der Waals surface area contributed by atoms with E-state index >= 15 is 0 Å². The molecule has 1 aliphatic heterocycles. The monoisotopic (exact) mass is 392 g/mol. The molecule has 0 spiro atoms. The number of hydrogen-bond acceptors (Lipinski definition) is 4. The van der Waals surface area contributed by atoms with E-state index in [2.05, 4.69) is 14.9 Å². The highest BCUT2D eigenvalue weighted by Crippen LogP contribution is 2.34. The number of rotatable bonds is 4. The predicted molar refractivity (Wildman–Crippen MR) is 83.1 cm³/mol. The second kappa shape index (κ2) is 6.62. The predicted octanol–water partition coefficient (Wildman–Crippen LogP) is 2.33. The summed E-state index contributed by atoms with van der Waals surface area (Å²) in [4.78, 5) is -0.106. The summed E-state index contributed by atoms with van der Waals surface area (Å²) >= 11 is 0. The summed E-state index contributed by atoms with van der Waals surface area (Å²) in [6.45, 7) is 0.805. The molecule has 1 N–H and O–H groups in total. The summed E-state index contributed by atoms with van der Waals surface area (Å²) in [5.41, 5.74) is 0.220. The third-order valence-corrected chi connectivity index (χ3v) is 5.89. The van der Waals surface area contributed by atoms with Crippen LogP contribution in [0.15, 0.2) is 23.1 Å². The maximum atomic E-state index is 13.1. The number of hydrogen-bond donors (Lipinski definition) is 1. The van der Waals surface area contributed by atoms with Gasteiger partial charge in [0.05, 0.1) is 17.4 Å². The number of nitrogens with zero attached hydrogens (tertiary/aromatic N) is 3. The van der Waals surface area contributed by atoms with E-state index in [-0.39, 0.29) is 42.2 Å². The molecule has 11 heteroatoms. The smallest absolute Gasteiger partial charge is 0.313 e. The van der Waals surface area contributed by atoms with E-state index in [4.69, 9.17) is 0 Å². The molecule has 142 valence electrons. The van der Waals surface area contributed by atoms with E-state index < -0.39 is 27.9 Å². The highest BCUT2D eigenvalue weighted by molar-refractivity contribution is 7.89. The molecule has 3 rings (SSSR count). The summed E-state index contributed by atoms with van der Waals surface area (Å²) < 4.78 is 80.3. The summed E-state index contributed by atoms with van der Waals surface area (Å²) in [6.07, 6.45) is -4.27. The van der Waals surface area contributed by atoms with E-state index in [1.807, 2.05) is 0 Å². The molecular formula is C15H16F4N4O2S. The van der Waals surface area contributed by atoms with E-state index in [0.29, 0.717) is 5.82 Å². The van der Waals surface area contributed by atoms with Gasteiger partial charge in [-0.25, -0.2) is 17.5 Å². The number of halogens is 4. The van der Waals surface area contributed by atoms with Crippen LogP contribution in [0.1, 0.15) is 23.6 Å². The Bertz CT molecular complexity index is 924. The van der Waals surface area contributed by atoms with Gasteiger partial charge in [-0.05, 0) is 37.1 Å². The maximum absolute atomic E-state index is 13.1. The number of aromatic nitrogens is 3. The van der Waals surface area contributed by atoms with Gasteiger partial charge in [0.15, 0.2) is 0 Å². The fourth-order valence-electron chi connectivity index (χ4n) is 2.93. The average Bonchev–Trinajstić information content (AvgIpc) is 2.94. The van der Waals surface area contributed by atoms with Crippen molar-refractivity contribution in [3.63, 3.8) is 0 Å². The molecule has 0 aliphatic carbocycles. The van der Waals surface area contributed by atoms with E-state index in [0.717, 1.165) is 18.2 Å². The van der Waals surface area contributed by atoms with Crippen molar-refractivity contribution in [3.05, 3.63) is 41.2 Å². The summed E-state index contributed by atoms with van der Waals surface area (Å²) in [5.74, 6) is -1.57. The number of benzene rings is 1. The van der Waals surface area contributed by atoms with Crippen molar-refractivity contribution in [2.45, 2.75) is 43.9 Å². The van der Waals surface area contributed by atoms with Gasteiger partial charge < -0.3 is 4.57 Å². The Balaban J connectivity index is 1.78. The van der Waals surface area contributed by atoms with Gasteiger partial charge in [-0.3, -0.25) is 0 Å². The van der Waals surface area contributed by atoms with Crippen molar-refractivity contribution in [2.24, 2.45) is 5.92 Å². The lowest BCUT2D eigenvalue weighted by molar-refractivity contribution is -0.182. The van der Waals surface area contributed by atoms with Crippen LogP contribution in [0.5, 0.6) is 0 Å². The maximum Gasteiger partial charge on any atom is 0.393 e. The summed E-state index contributed by atoms with van der Waals surface area (Å²) in [5, 5.41) is 7.64. The van der Waals surface area contributed by atoms with Crippen molar-refractivity contribution in [1.29, 1.82) is 0 Å². The van der Waals surface area contributed by atoms with Gasteiger partial charge in [-0.15, -0.1) is 10.2 Å². The zero-order chi connectivity index (χ0) is 19.1. The van der Waals surface area contributed by atoms with Crippen LogP contribution < -0.4 is 4.72 Å². The topological polar surface area (TPSA) is 76.9 Å². The van der Waals surface area contributed by atoms with E-state index in [9.17, 15) is 26.0 Å². The minimum absolute atomic E-state index is 0.0673. The molecule has 1 aromatic heterocycles. The molecule has 0 saturated carbocycles. The number of nitrogens with one attached hydrogen (secondary N) is 1. The second-order valence-corrected chi connectivity index (χ2v) is 7.89. The van der Waals surface area contributed by atoms with Gasteiger partial charge in [0.1, 0.15) is 17.5 Å². The SMILES string of the molecule is Cc1cc(F)ccc1S(=O)(=O)NCc1nnc2n1CC(C(F)(F)F)CC2. The lowest BCUT2D eigenvalue weighted by Crippen LogP contribution is -2.34. The van der Waals surface area contributed by atoms with Crippen LogP contribution in [0.4, 0.5) is 17.6 Å². The molecule has 1 unspecified atom stereocenters. The van der Waals surface area contributed by atoms with Crippen molar-refractivity contribution in [2.75, 3.05) is 0 Å². The van der Waals surface area contributed by atoms with Crippen LogP contribution >= 0.6 is 0 Å². The van der Waals surface area contributed by atoms with Crippen LogP contribution in [0.2, 0.25) is 0 Å². The molecule has 1 aliphatic rings. The Morgan fingerprint density at radius 3 is 2.69 bits per heavy atom. The largest absolute Gasteiger partial charge is 0.393 e. The lowest BCUT2D eigenvalue weighted by atomic mass is 9.99. The molecule has 0 radical (unpaired) electrons. The second-order valence-electron chi connectivity index (χ2n) is 6.15. The van der Waals surface area contributed by atoms with Crippen molar-refractivity contribution < 1.29 is 26.0 Å². The fraction of sp³-hybridized carbons (Fsp3) is 0.467. The quantitative estimate of drug-likeness (QED) is 0.811. The molecule has 0 amide bonds. The number of sulfonamides is 1. The van der Waals surface area contributed by atoms with Crippen molar-refractivity contribution in [1.82, 2.24) is 19.5 Å². The number of alkyl halides is 3.